The number of carbonyl (C=O) groups excluding carboxylic acids is 1. The zero-order valence-corrected chi connectivity index (χ0v) is 12.7. The number of benzene rings is 2. The number of rotatable bonds is 3. The maximum Gasteiger partial charge on any atom is 0.255 e. The van der Waals surface area contributed by atoms with Crippen LogP contribution in [0.25, 0.3) is 11.1 Å². The van der Waals surface area contributed by atoms with Crippen LogP contribution in [0.4, 0.5) is 11.4 Å². The number of anilines is 2. The third-order valence-electron chi connectivity index (χ3n) is 4.19. The molecule has 2 aromatic carbocycles. The molecule has 0 atom stereocenters. The Labute approximate surface area is 133 Å². The number of carbonyl (C=O) groups is 1. The van der Waals surface area contributed by atoms with Crippen molar-refractivity contribution in [2.24, 2.45) is 0 Å². The van der Waals surface area contributed by atoms with Crippen molar-refractivity contribution in [1.29, 1.82) is 0 Å². The number of oxazole rings is 1. The molecule has 0 radical (unpaired) electrons. The van der Waals surface area contributed by atoms with Crippen molar-refractivity contribution in [1.82, 2.24) is 4.98 Å². The van der Waals surface area contributed by atoms with E-state index in [-0.39, 0.29) is 5.91 Å². The van der Waals surface area contributed by atoms with Crippen LogP contribution in [-0.4, -0.2) is 24.0 Å². The summed E-state index contributed by atoms with van der Waals surface area (Å²) in [5.41, 5.74) is 3.93. The number of hydrogen-bond acceptors (Lipinski definition) is 4. The molecule has 5 nitrogen and oxygen atoms in total. The Balaban J connectivity index is 1.49. The Bertz CT molecular complexity index is 833. The molecule has 1 saturated heterocycles. The van der Waals surface area contributed by atoms with E-state index in [1.807, 2.05) is 12.1 Å². The van der Waals surface area contributed by atoms with Crippen LogP contribution < -0.4 is 10.2 Å². The summed E-state index contributed by atoms with van der Waals surface area (Å²) in [7, 11) is 0. The summed E-state index contributed by atoms with van der Waals surface area (Å²) in [4.78, 5) is 18.8. The zero-order valence-electron chi connectivity index (χ0n) is 12.7. The van der Waals surface area contributed by atoms with Gasteiger partial charge < -0.3 is 14.6 Å². The molecule has 1 fully saturated rings. The minimum atomic E-state index is -0.149. The highest BCUT2D eigenvalue weighted by molar-refractivity contribution is 6.05. The van der Waals surface area contributed by atoms with Gasteiger partial charge in [0.2, 0.25) is 0 Å². The van der Waals surface area contributed by atoms with Crippen LogP contribution in [-0.2, 0) is 0 Å². The van der Waals surface area contributed by atoms with Gasteiger partial charge in [-0.2, -0.15) is 0 Å². The molecule has 1 N–H and O–H groups in total. The highest BCUT2D eigenvalue weighted by Gasteiger charge is 2.13. The van der Waals surface area contributed by atoms with Gasteiger partial charge >= 0.3 is 0 Å². The summed E-state index contributed by atoms with van der Waals surface area (Å²) >= 11 is 0. The molecule has 2 heterocycles. The lowest BCUT2D eigenvalue weighted by Gasteiger charge is -2.17. The van der Waals surface area contributed by atoms with Crippen molar-refractivity contribution < 1.29 is 9.21 Å². The van der Waals surface area contributed by atoms with Crippen molar-refractivity contribution >= 4 is 28.4 Å². The molecule has 1 amide bonds. The molecule has 1 aliphatic heterocycles. The van der Waals surface area contributed by atoms with E-state index in [9.17, 15) is 4.79 Å². The molecule has 23 heavy (non-hydrogen) atoms. The van der Waals surface area contributed by atoms with E-state index in [2.05, 4.69) is 27.3 Å². The van der Waals surface area contributed by atoms with Gasteiger partial charge in [0.15, 0.2) is 12.0 Å². The molecule has 1 aromatic heterocycles. The minimum absolute atomic E-state index is 0.149. The van der Waals surface area contributed by atoms with Crippen LogP contribution in [0.15, 0.2) is 53.3 Å². The molecule has 116 valence electrons. The lowest BCUT2D eigenvalue weighted by Crippen LogP contribution is -2.17. The molecule has 0 saturated carbocycles. The van der Waals surface area contributed by atoms with E-state index in [4.69, 9.17) is 4.42 Å². The maximum atomic E-state index is 12.3. The van der Waals surface area contributed by atoms with Gasteiger partial charge in [-0.3, -0.25) is 4.79 Å². The Hall–Kier alpha value is -2.82. The molecule has 4 rings (SSSR count). The van der Waals surface area contributed by atoms with Gasteiger partial charge in [-0.05, 0) is 55.3 Å². The lowest BCUT2D eigenvalue weighted by molar-refractivity contribution is 0.102. The molecular formula is C18H17N3O2. The second-order valence-electron chi connectivity index (χ2n) is 5.73. The van der Waals surface area contributed by atoms with Crippen LogP contribution in [0, 0.1) is 0 Å². The van der Waals surface area contributed by atoms with E-state index in [1.54, 1.807) is 18.2 Å². The van der Waals surface area contributed by atoms with Crippen molar-refractivity contribution in [3.05, 3.63) is 54.4 Å². The van der Waals surface area contributed by atoms with E-state index >= 15 is 0 Å². The number of fused-ring (bicyclic) bond motifs is 1. The molecule has 0 unspecified atom stereocenters. The second-order valence-corrected chi connectivity index (χ2v) is 5.73. The molecule has 0 spiro atoms. The van der Waals surface area contributed by atoms with Crippen molar-refractivity contribution in [3.63, 3.8) is 0 Å². The minimum Gasteiger partial charge on any atom is -0.443 e. The summed E-state index contributed by atoms with van der Waals surface area (Å²) in [6.45, 7) is 2.23. The third-order valence-corrected chi connectivity index (χ3v) is 4.19. The molecule has 1 aliphatic rings. The van der Waals surface area contributed by atoms with Gasteiger partial charge in [-0.25, -0.2) is 4.98 Å². The summed E-state index contributed by atoms with van der Waals surface area (Å²) in [5, 5.41) is 2.92. The summed E-state index contributed by atoms with van der Waals surface area (Å²) in [6, 6.07) is 13.2. The fraction of sp³-hybridized carbons (Fsp3) is 0.222. The van der Waals surface area contributed by atoms with Crippen LogP contribution >= 0.6 is 0 Å². The largest absolute Gasteiger partial charge is 0.443 e. The first kappa shape index (κ1) is 13.8. The average molecular weight is 307 g/mol. The fourth-order valence-electron chi connectivity index (χ4n) is 2.93. The number of amides is 1. The first-order valence-electron chi connectivity index (χ1n) is 7.79. The first-order chi connectivity index (χ1) is 11.3. The Kier molecular flexibility index (Phi) is 3.46. The summed E-state index contributed by atoms with van der Waals surface area (Å²) in [5.74, 6) is -0.149. The Morgan fingerprint density at radius 2 is 1.87 bits per heavy atom. The predicted octanol–water partition coefficient (Wildman–Crippen LogP) is 3.68. The van der Waals surface area contributed by atoms with Crippen LogP contribution in [0.3, 0.4) is 0 Å². The second kappa shape index (κ2) is 5.76. The highest BCUT2D eigenvalue weighted by atomic mass is 16.3. The smallest absolute Gasteiger partial charge is 0.255 e. The van der Waals surface area contributed by atoms with E-state index in [0.717, 1.165) is 18.8 Å². The zero-order chi connectivity index (χ0) is 15.6. The molecule has 0 bridgehead atoms. The van der Waals surface area contributed by atoms with Crippen molar-refractivity contribution in [2.45, 2.75) is 12.8 Å². The lowest BCUT2D eigenvalue weighted by atomic mass is 10.2. The predicted molar refractivity (Wildman–Crippen MR) is 89.9 cm³/mol. The number of hydrogen-bond donors (Lipinski definition) is 1. The standard InChI is InChI=1S/C18H17N3O2/c22-18(13-3-8-17-16(11-13)19-12-23-17)20-14-4-6-15(7-5-14)21-9-1-2-10-21/h3-8,11-12H,1-2,9-10H2,(H,20,22). The Morgan fingerprint density at radius 3 is 2.65 bits per heavy atom. The summed E-state index contributed by atoms with van der Waals surface area (Å²) in [6.07, 6.45) is 3.88. The number of nitrogens with one attached hydrogen (secondary N) is 1. The Morgan fingerprint density at radius 1 is 1.09 bits per heavy atom. The monoisotopic (exact) mass is 307 g/mol. The maximum absolute atomic E-state index is 12.3. The number of aromatic nitrogens is 1. The molecular weight excluding hydrogens is 290 g/mol. The van der Waals surface area contributed by atoms with Gasteiger partial charge in [0, 0.05) is 30.0 Å². The van der Waals surface area contributed by atoms with E-state index < -0.39 is 0 Å². The van der Waals surface area contributed by atoms with Crippen molar-refractivity contribution in [3.8, 4) is 0 Å². The van der Waals surface area contributed by atoms with E-state index in [0.29, 0.717) is 16.7 Å². The number of nitrogens with zero attached hydrogens (tertiary/aromatic N) is 2. The molecule has 3 aromatic rings. The van der Waals surface area contributed by atoms with Gasteiger partial charge in [0.1, 0.15) is 5.52 Å². The SMILES string of the molecule is O=C(Nc1ccc(N2CCCC2)cc1)c1ccc2ocnc2c1. The van der Waals surface area contributed by atoms with Gasteiger partial charge in [-0.15, -0.1) is 0 Å². The molecule has 5 heteroatoms. The van der Waals surface area contributed by atoms with Crippen LogP contribution in [0.1, 0.15) is 23.2 Å². The topological polar surface area (TPSA) is 58.4 Å². The molecule has 0 aliphatic carbocycles. The van der Waals surface area contributed by atoms with Gasteiger partial charge in [0.05, 0.1) is 0 Å². The fourth-order valence-corrected chi connectivity index (χ4v) is 2.93. The summed E-state index contributed by atoms with van der Waals surface area (Å²) < 4.78 is 5.19. The van der Waals surface area contributed by atoms with Gasteiger partial charge in [0.25, 0.3) is 5.91 Å². The van der Waals surface area contributed by atoms with Crippen LogP contribution in [0.5, 0.6) is 0 Å². The average Bonchev–Trinajstić information content (AvgIpc) is 3.26. The normalized spacial score (nSPS) is 14.3. The third kappa shape index (κ3) is 2.77. The van der Waals surface area contributed by atoms with E-state index in [1.165, 1.54) is 24.9 Å². The van der Waals surface area contributed by atoms with Crippen molar-refractivity contribution in [2.75, 3.05) is 23.3 Å². The first-order valence-corrected chi connectivity index (χ1v) is 7.79. The quantitative estimate of drug-likeness (QED) is 0.802. The van der Waals surface area contributed by atoms with Crippen LogP contribution in [0.2, 0.25) is 0 Å². The highest BCUT2D eigenvalue weighted by Crippen LogP contribution is 2.22. The van der Waals surface area contributed by atoms with Gasteiger partial charge in [-0.1, -0.05) is 0 Å².